The van der Waals surface area contributed by atoms with E-state index in [0.29, 0.717) is 6.61 Å². The van der Waals surface area contributed by atoms with Crippen molar-refractivity contribution in [3.8, 4) is 0 Å². The fourth-order valence-electron chi connectivity index (χ4n) is 5.91. The average Bonchev–Trinajstić information content (AvgIpc) is 2.58. The molecule has 1 aliphatic rings. The van der Waals surface area contributed by atoms with Gasteiger partial charge in [-0.1, -0.05) is 76.9 Å². The molecule has 0 N–H and O–H groups in total. The normalized spacial score (nSPS) is 21.6. The van der Waals surface area contributed by atoms with Crippen molar-refractivity contribution in [3.05, 3.63) is 57.6 Å². The van der Waals surface area contributed by atoms with Crippen molar-refractivity contribution in [2.45, 2.75) is 94.9 Å². The molecular weight excluding hydrogens is 408 g/mol. The van der Waals surface area contributed by atoms with Crippen LogP contribution >= 0.6 is 0 Å². The first-order valence-corrected chi connectivity index (χ1v) is 14.0. The smallest absolute Gasteiger partial charge is 0.286 e. The SMILES string of the molecule is Cc1cc(C)c([Si]2(c3c(C)cc(C)cc3C)OC[C@H](C(C)(C)C)O[C@H]2C(C)(C)C)c(C)c1. The van der Waals surface area contributed by atoms with E-state index < -0.39 is 8.32 Å². The van der Waals surface area contributed by atoms with Crippen LogP contribution in [0, 0.1) is 52.4 Å². The molecular formula is C29H44O2Si. The number of hydrogen-bond donors (Lipinski definition) is 0. The average molecular weight is 453 g/mol. The maximum atomic E-state index is 7.33. The lowest BCUT2D eigenvalue weighted by molar-refractivity contribution is -0.122. The molecule has 2 aromatic carbocycles. The molecule has 0 unspecified atom stereocenters. The number of rotatable bonds is 2. The third kappa shape index (κ3) is 4.36. The molecule has 2 nitrogen and oxygen atoms in total. The van der Waals surface area contributed by atoms with Gasteiger partial charge in [-0.2, -0.15) is 0 Å². The van der Waals surface area contributed by atoms with Crippen molar-refractivity contribution >= 4 is 18.7 Å². The van der Waals surface area contributed by atoms with Crippen LogP contribution in [-0.4, -0.2) is 26.8 Å². The van der Waals surface area contributed by atoms with E-state index in [1.807, 2.05) is 0 Å². The first-order chi connectivity index (χ1) is 14.6. The summed E-state index contributed by atoms with van der Waals surface area (Å²) in [5.41, 5.74) is 7.92. The van der Waals surface area contributed by atoms with Gasteiger partial charge < -0.3 is 9.16 Å². The lowest BCUT2D eigenvalue weighted by Crippen LogP contribution is -2.78. The van der Waals surface area contributed by atoms with Crippen LogP contribution in [0.4, 0.5) is 0 Å². The molecule has 3 heteroatoms. The topological polar surface area (TPSA) is 18.5 Å². The highest BCUT2D eigenvalue weighted by Gasteiger charge is 2.59. The van der Waals surface area contributed by atoms with Crippen LogP contribution in [0.25, 0.3) is 0 Å². The van der Waals surface area contributed by atoms with Gasteiger partial charge in [0.15, 0.2) is 0 Å². The largest absolute Gasteiger partial charge is 0.403 e. The Kier molecular flexibility index (Phi) is 6.63. The van der Waals surface area contributed by atoms with Crippen molar-refractivity contribution in [3.63, 3.8) is 0 Å². The second-order valence-corrected chi connectivity index (χ2v) is 15.6. The van der Waals surface area contributed by atoms with Crippen molar-refractivity contribution in [1.82, 2.24) is 0 Å². The maximum Gasteiger partial charge on any atom is 0.286 e. The van der Waals surface area contributed by atoms with E-state index in [1.54, 1.807) is 0 Å². The number of benzene rings is 2. The Labute approximate surface area is 197 Å². The predicted molar refractivity (Wildman–Crippen MR) is 140 cm³/mol. The number of hydrogen-bond acceptors (Lipinski definition) is 2. The molecule has 0 saturated carbocycles. The van der Waals surface area contributed by atoms with Gasteiger partial charge in [0.2, 0.25) is 0 Å². The number of ether oxygens (including phenoxy) is 1. The summed E-state index contributed by atoms with van der Waals surface area (Å²) in [6.07, 6.45) is 0.0736. The maximum absolute atomic E-state index is 7.33. The molecule has 1 aliphatic heterocycles. The molecule has 1 fully saturated rings. The third-order valence-corrected chi connectivity index (χ3v) is 12.4. The van der Waals surface area contributed by atoms with Gasteiger partial charge in [0.25, 0.3) is 8.32 Å². The Hall–Kier alpha value is -1.42. The Morgan fingerprint density at radius 2 is 1.03 bits per heavy atom. The Morgan fingerprint density at radius 1 is 0.656 bits per heavy atom. The summed E-state index contributed by atoms with van der Waals surface area (Å²) in [5, 5.41) is 2.82. The quantitative estimate of drug-likeness (QED) is 0.519. The minimum absolute atomic E-state index is 0.00758. The summed E-state index contributed by atoms with van der Waals surface area (Å²) >= 11 is 0. The summed E-state index contributed by atoms with van der Waals surface area (Å²) in [6, 6.07) is 9.31. The second-order valence-electron chi connectivity index (χ2n) is 12.3. The Bertz CT molecular complexity index is 903. The van der Waals surface area contributed by atoms with E-state index in [1.165, 1.54) is 43.8 Å². The van der Waals surface area contributed by atoms with Gasteiger partial charge in [-0.05, 0) is 85.0 Å². The molecule has 0 aromatic heterocycles. The molecule has 2 atom stereocenters. The molecule has 0 bridgehead atoms. The summed E-state index contributed by atoms with van der Waals surface area (Å²) in [5.74, 6) is 0. The molecule has 0 spiro atoms. The third-order valence-electron chi connectivity index (χ3n) is 6.98. The second kappa shape index (κ2) is 8.41. The van der Waals surface area contributed by atoms with Gasteiger partial charge in [-0.3, -0.25) is 0 Å². The van der Waals surface area contributed by atoms with E-state index in [9.17, 15) is 0 Å². The zero-order valence-electron chi connectivity index (χ0n) is 22.5. The van der Waals surface area contributed by atoms with Gasteiger partial charge in [-0.25, -0.2) is 0 Å². The zero-order valence-corrected chi connectivity index (χ0v) is 23.5. The van der Waals surface area contributed by atoms with E-state index >= 15 is 0 Å². The van der Waals surface area contributed by atoms with Gasteiger partial charge in [0.1, 0.15) is 0 Å². The minimum atomic E-state index is -2.77. The minimum Gasteiger partial charge on any atom is -0.403 e. The molecule has 32 heavy (non-hydrogen) atoms. The Balaban J connectivity index is 2.44. The van der Waals surface area contributed by atoms with Crippen LogP contribution < -0.4 is 10.4 Å². The van der Waals surface area contributed by atoms with Crippen molar-refractivity contribution in [1.29, 1.82) is 0 Å². The number of aryl methyl sites for hydroxylation is 6. The summed E-state index contributed by atoms with van der Waals surface area (Å²) in [7, 11) is -2.77. The molecule has 2 aromatic rings. The highest BCUT2D eigenvalue weighted by molar-refractivity contribution is 6.99. The lowest BCUT2D eigenvalue weighted by atomic mass is 9.89. The highest BCUT2D eigenvalue weighted by atomic mass is 28.4. The van der Waals surface area contributed by atoms with Crippen LogP contribution in [0.5, 0.6) is 0 Å². The van der Waals surface area contributed by atoms with E-state index in [0.717, 1.165) is 0 Å². The first kappa shape index (κ1) is 25.2. The summed E-state index contributed by atoms with van der Waals surface area (Å²) in [4.78, 5) is 0. The molecule has 0 radical (unpaired) electrons. The van der Waals surface area contributed by atoms with E-state index in [2.05, 4.69) is 107 Å². The molecule has 0 amide bonds. The van der Waals surface area contributed by atoms with Gasteiger partial charge in [0, 0.05) is 0 Å². The lowest BCUT2D eigenvalue weighted by Gasteiger charge is -2.53. The first-order valence-electron chi connectivity index (χ1n) is 12.0. The van der Waals surface area contributed by atoms with Crippen LogP contribution in [0.1, 0.15) is 74.9 Å². The molecule has 1 heterocycles. The zero-order chi connectivity index (χ0) is 24.2. The van der Waals surface area contributed by atoms with Crippen molar-refractivity contribution in [2.75, 3.05) is 6.61 Å². The molecule has 0 aliphatic carbocycles. The highest BCUT2D eigenvalue weighted by Crippen LogP contribution is 2.40. The van der Waals surface area contributed by atoms with Gasteiger partial charge >= 0.3 is 0 Å². The summed E-state index contributed by atoms with van der Waals surface area (Å²) in [6.45, 7) is 27.9. The van der Waals surface area contributed by atoms with Crippen LogP contribution in [0.3, 0.4) is 0 Å². The molecule has 176 valence electrons. The van der Waals surface area contributed by atoms with E-state index in [-0.39, 0.29) is 22.7 Å². The van der Waals surface area contributed by atoms with E-state index in [4.69, 9.17) is 9.16 Å². The van der Waals surface area contributed by atoms with Crippen LogP contribution in [0.15, 0.2) is 24.3 Å². The van der Waals surface area contributed by atoms with Crippen molar-refractivity contribution < 1.29 is 9.16 Å². The van der Waals surface area contributed by atoms with Gasteiger partial charge in [0.05, 0.1) is 18.4 Å². The molecule has 1 saturated heterocycles. The molecule has 3 rings (SSSR count). The van der Waals surface area contributed by atoms with Crippen LogP contribution in [-0.2, 0) is 9.16 Å². The van der Waals surface area contributed by atoms with Gasteiger partial charge in [-0.15, -0.1) is 0 Å². The monoisotopic (exact) mass is 452 g/mol. The summed E-state index contributed by atoms with van der Waals surface area (Å²) < 4.78 is 14.5. The predicted octanol–water partition coefficient (Wildman–Crippen LogP) is 6.01. The van der Waals surface area contributed by atoms with Crippen LogP contribution in [0.2, 0.25) is 0 Å². The standard InChI is InChI=1S/C29H44O2Si/c1-18-13-20(3)25(21(4)14-18)32(26-22(5)15-19(2)16-23(26)6)27(29(10,11)12)31-24(17-30-32)28(7,8)9/h13-16,24,27H,17H2,1-12H3/t24-,27-/m1/s1. The fourth-order valence-corrected chi connectivity index (χ4v) is 11.7. The fraction of sp³-hybridized carbons (Fsp3) is 0.586. The van der Waals surface area contributed by atoms with Crippen molar-refractivity contribution in [2.24, 2.45) is 10.8 Å². The Morgan fingerprint density at radius 3 is 1.34 bits per heavy atom.